The first kappa shape index (κ1) is 15.4. The zero-order valence-electron chi connectivity index (χ0n) is 13.1. The normalized spacial score (nSPS) is 12.0. The average molecular weight is 285 g/mol. The molecule has 2 rings (SSSR count). The van der Waals surface area contributed by atoms with E-state index in [2.05, 4.69) is 49.5 Å². The van der Waals surface area contributed by atoms with Crippen LogP contribution in [0.15, 0.2) is 42.5 Å². The molecular weight excluding hydrogens is 262 g/mol. The number of benzene rings is 2. The van der Waals surface area contributed by atoms with E-state index in [-0.39, 0.29) is 6.04 Å². The third kappa shape index (κ3) is 4.23. The highest BCUT2D eigenvalue weighted by Gasteiger charge is 2.10. The fraction of sp³-hybridized carbons (Fsp3) is 0.333. The summed E-state index contributed by atoms with van der Waals surface area (Å²) in [6.45, 7) is 4.75. The van der Waals surface area contributed by atoms with Crippen molar-refractivity contribution in [3.05, 3.63) is 59.2 Å². The van der Waals surface area contributed by atoms with Gasteiger partial charge in [-0.2, -0.15) is 0 Å². The van der Waals surface area contributed by atoms with Gasteiger partial charge in [0.1, 0.15) is 18.1 Å². The summed E-state index contributed by atoms with van der Waals surface area (Å²) < 4.78 is 11.1. The van der Waals surface area contributed by atoms with Crippen molar-refractivity contribution < 1.29 is 9.47 Å². The molecule has 1 atom stereocenters. The lowest BCUT2D eigenvalue weighted by atomic mass is 10.1. The molecule has 1 unspecified atom stereocenters. The number of methoxy groups -OCH3 is 1. The van der Waals surface area contributed by atoms with Gasteiger partial charge in [0.05, 0.1) is 13.2 Å². The minimum Gasteiger partial charge on any atom is -0.497 e. The van der Waals surface area contributed by atoms with E-state index in [1.165, 1.54) is 16.7 Å². The summed E-state index contributed by atoms with van der Waals surface area (Å²) in [4.78, 5) is 0. The lowest BCUT2D eigenvalue weighted by Gasteiger charge is -2.18. The molecule has 2 aromatic rings. The molecule has 0 aliphatic rings. The first-order chi connectivity index (χ1) is 10.1. The monoisotopic (exact) mass is 285 g/mol. The van der Waals surface area contributed by atoms with Gasteiger partial charge in [-0.1, -0.05) is 18.2 Å². The van der Waals surface area contributed by atoms with E-state index in [0.29, 0.717) is 6.61 Å². The molecule has 2 aromatic carbocycles. The number of hydrogen-bond donors (Lipinski definition) is 1. The van der Waals surface area contributed by atoms with Crippen molar-refractivity contribution in [2.24, 2.45) is 0 Å². The van der Waals surface area contributed by atoms with E-state index in [1.54, 1.807) is 7.11 Å². The van der Waals surface area contributed by atoms with Crippen LogP contribution >= 0.6 is 0 Å². The zero-order chi connectivity index (χ0) is 15.2. The topological polar surface area (TPSA) is 30.5 Å². The van der Waals surface area contributed by atoms with Crippen LogP contribution in [-0.4, -0.2) is 20.8 Å². The van der Waals surface area contributed by atoms with Gasteiger partial charge < -0.3 is 14.8 Å². The Morgan fingerprint density at radius 3 is 2.10 bits per heavy atom. The fourth-order valence-electron chi connectivity index (χ4n) is 2.38. The van der Waals surface area contributed by atoms with Crippen molar-refractivity contribution in [2.45, 2.75) is 19.9 Å². The van der Waals surface area contributed by atoms with Crippen LogP contribution in [0.5, 0.6) is 11.5 Å². The Labute approximate surface area is 126 Å². The van der Waals surface area contributed by atoms with Crippen molar-refractivity contribution in [2.75, 3.05) is 20.8 Å². The first-order valence-corrected chi connectivity index (χ1v) is 7.14. The molecule has 112 valence electrons. The first-order valence-electron chi connectivity index (χ1n) is 7.14. The smallest absolute Gasteiger partial charge is 0.119 e. The quantitative estimate of drug-likeness (QED) is 0.878. The molecule has 21 heavy (non-hydrogen) atoms. The molecule has 0 aliphatic carbocycles. The van der Waals surface area contributed by atoms with E-state index in [4.69, 9.17) is 9.47 Å². The molecule has 0 spiro atoms. The lowest BCUT2D eigenvalue weighted by Crippen LogP contribution is -2.23. The summed E-state index contributed by atoms with van der Waals surface area (Å²) in [5.74, 6) is 1.78. The Morgan fingerprint density at radius 2 is 1.57 bits per heavy atom. The largest absolute Gasteiger partial charge is 0.497 e. The molecule has 0 radical (unpaired) electrons. The van der Waals surface area contributed by atoms with Crippen LogP contribution in [0.25, 0.3) is 0 Å². The highest BCUT2D eigenvalue weighted by Crippen LogP contribution is 2.21. The number of likely N-dealkylation sites (N-methyl/N-ethyl adjacent to an activating group) is 1. The van der Waals surface area contributed by atoms with E-state index in [0.717, 1.165) is 11.5 Å². The maximum absolute atomic E-state index is 5.94. The van der Waals surface area contributed by atoms with Gasteiger partial charge in [0.2, 0.25) is 0 Å². The second-order valence-electron chi connectivity index (χ2n) is 5.25. The maximum atomic E-state index is 5.94. The number of nitrogens with one attached hydrogen (secondary N) is 1. The summed E-state index contributed by atoms with van der Waals surface area (Å²) in [6.07, 6.45) is 0. The Hall–Kier alpha value is -2.00. The number of rotatable bonds is 6. The van der Waals surface area contributed by atoms with Crippen molar-refractivity contribution in [1.29, 1.82) is 0 Å². The zero-order valence-corrected chi connectivity index (χ0v) is 13.1. The molecule has 0 aliphatic heterocycles. The van der Waals surface area contributed by atoms with Gasteiger partial charge in [-0.05, 0) is 61.9 Å². The minimum absolute atomic E-state index is 0.150. The lowest BCUT2D eigenvalue weighted by molar-refractivity contribution is 0.272. The number of aryl methyl sites for hydroxylation is 2. The van der Waals surface area contributed by atoms with Gasteiger partial charge in [0, 0.05) is 0 Å². The van der Waals surface area contributed by atoms with Crippen LogP contribution in [0.1, 0.15) is 22.7 Å². The van der Waals surface area contributed by atoms with Crippen LogP contribution in [-0.2, 0) is 0 Å². The molecule has 1 N–H and O–H groups in total. The highest BCUT2D eigenvalue weighted by molar-refractivity contribution is 5.33. The summed E-state index contributed by atoms with van der Waals surface area (Å²) in [5, 5.41) is 3.29. The summed E-state index contributed by atoms with van der Waals surface area (Å²) in [5.41, 5.74) is 3.62. The molecular formula is C18H23NO2. The van der Waals surface area contributed by atoms with Crippen LogP contribution in [0.4, 0.5) is 0 Å². The maximum Gasteiger partial charge on any atom is 0.119 e. The Morgan fingerprint density at radius 1 is 0.952 bits per heavy atom. The third-order valence-electron chi connectivity index (χ3n) is 3.48. The van der Waals surface area contributed by atoms with Gasteiger partial charge >= 0.3 is 0 Å². The average Bonchev–Trinajstić information content (AvgIpc) is 2.47. The molecule has 3 nitrogen and oxygen atoms in total. The van der Waals surface area contributed by atoms with E-state index in [9.17, 15) is 0 Å². The van der Waals surface area contributed by atoms with Gasteiger partial charge in [-0.3, -0.25) is 0 Å². The Balaban J connectivity index is 2.04. The Kier molecular flexibility index (Phi) is 5.23. The number of ether oxygens (including phenoxy) is 2. The van der Waals surface area contributed by atoms with Crippen LogP contribution in [0.2, 0.25) is 0 Å². The molecule has 3 heteroatoms. The molecule has 0 bridgehead atoms. The van der Waals surface area contributed by atoms with Gasteiger partial charge in [-0.15, -0.1) is 0 Å². The van der Waals surface area contributed by atoms with Crippen LogP contribution in [0.3, 0.4) is 0 Å². The van der Waals surface area contributed by atoms with Gasteiger partial charge in [-0.25, -0.2) is 0 Å². The molecule has 0 amide bonds. The predicted octanol–water partition coefficient (Wildman–Crippen LogP) is 3.65. The molecule has 0 aromatic heterocycles. The van der Waals surface area contributed by atoms with Crippen molar-refractivity contribution in [1.82, 2.24) is 5.32 Å². The van der Waals surface area contributed by atoms with E-state index < -0.39 is 0 Å². The molecule has 0 heterocycles. The summed E-state index contributed by atoms with van der Waals surface area (Å²) >= 11 is 0. The summed E-state index contributed by atoms with van der Waals surface area (Å²) in [7, 11) is 3.62. The fourth-order valence-corrected chi connectivity index (χ4v) is 2.38. The molecule has 0 fully saturated rings. The SMILES string of the molecule is CNC(COc1cc(C)cc(C)c1)c1ccc(OC)cc1. The second kappa shape index (κ2) is 7.14. The number of hydrogen-bond acceptors (Lipinski definition) is 3. The van der Waals surface area contributed by atoms with Crippen LogP contribution in [0, 0.1) is 13.8 Å². The van der Waals surface area contributed by atoms with Crippen molar-refractivity contribution in [3.8, 4) is 11.5 Å². The highest BCUT2D eigenvalue weighted by atomic mass is 16.5. The summed E-state index contributed by atoms with van der Waals surface area (Å²) in [6, 6.07) is 14.5. The van der Waals surface area contributed by atoms with Crippen molar-refractivity contribution >= 4 is 0 Å². The van der Waals surface area contributed by atoms with E-state index >= 15 is 0 Å². The standard InChI is InChI=1S/C18H23NO2/c1-13-9-14(2)11-17(10-13)21-12-18(19-3)15-5-7-16(20-4)8-6-15/h5-11,18-19H,12H2,1-4H3. The molecule has 0 saturated carbocycles. The predicted molar refractivity (Wildman–Crippen MR) is 86.2 cm³/mol. The van der Waals surface area contributed by atoms with Crippen molar-refractivity contribution in [3.63, 3.8) is 0 Å². The minimum atomic E-state index is 0.150. The van der Waals surface area contributed by atoms with Gasteiger partial charge in [0.15, 0.2) is 0 Å². The van der Waals surface area contributed by atoms with Gasteiger partial charge in [0.25, 0.3) is 0 Å². The van der Waals surface area contributed by atoms with Crippen LogP contribution < -0.4 is 14.8 Å². The molecule has 0 saturated heterocycles. The Bertz CT molecular complexity index is 558. The second-order valence-corrected chi connectivity index (χ2v) is 5.25. The van der Waals surface area contributed by atoms with E-state index in [1.807, 2.05) is 19.2 Å². The third-order valence-corrected chi connectivity index (χ3v) is 3.48.